The number of hydrogen-bond acceptors (Lipinski definition) is 10. The quantitative estimate of drug-likeness (QED) is 0.150. The van der Waals surface area contributed by atoms with Crippen LogP contribution in [0.1, 0.15) is 43.1 Å². The molecule has 0 aliphatic heterocycles. The summed E-state index contributed by atoms with van der Waals surface area (Å²) in [5.41, 5.74) is 1.75. The van der Waals surface area contributed by atoms with Gasteiger partial charge in [0.25, 0.3) is 0 Å². The van der Waals surface area contributed by atoms with E-state index in [0.717, 1.165) is 29.4 Å². The highest BCUT2D eigenvalue weighted by molar-refractivity contribution is 7.00. The Labute approximate surface area is 240 Å². The summed E-state index contributed by atoms with van der Waals surface area (Å²) in [5.74, 6) is -3.87. The molecule has 0 N–H and O–H groups in total. The highest BCUT2D eigenvalue weighted by Gasteiger charge is 2.34. The van der Waals surface area contributed by atoms with E-state index in [1.807, 2.05) is 30.3 Å². The lowest BCUT2D eigenvalue weighted by atomic mass is 9.99. The number of hydrogen-bond donors (Lipinski definition) is 0. The Morgan fingerprint density at radius 2 is 1.69 bits per heavy atom. The van der Waals surface area contributed by atoms with E-state index in [2.05, 4.69) is 18.7 Å². The number of nitriles is 2. The van der Waals surface area contributed by atoms with Crippen LogP contribution >= 0.6 is 11.7 Å². The monoisotopic (exact) mass is 576 g/mol. The SMILES string of the molecule is Cc1c2nc(/C=C3\C(=O)c4cc(F)c(F)cc4C3=C(C#N)C#N)cnc2c(C(=O)OCc2ccccc2)c2nsnc12. The molecule has 0 unspecified atom stereocenters. The van der Waals surface area contributed by atoms with Gasteiger partial charge in [0.05, 0.1) is 29.1 Å². The van der Waals surface area contributed by atoms with Crippen LogP contribution in [-0.4, -0.2) is 30.5 Å². The largest absolute Gasteiger partial charge is 0.457 e. The van der Waals surface area contributed by atoms with E-state index in [1.165, 1.54) is 12.3 Å². The van der Waals surface area contributed by atoms with Crippen molar-refractivity contribution >= 4 is 57.2 Å². The van der Waals surface area contributed by atoms with Crippen LogP contribution in [0.5, 0.6) is 0 Å². The van der Waals surface area contributed by atoms with Crippen molar-refractivity contribution in [1.82, 2.24) is 18.7 Å². The summed E-state index contributed by atoms with van der Waals surface area (Å²) in [7, 11) is 0. The van der Waals surface area contributed by atoms with E-state index in [9.17, 15) is 28.9 Å². The highest BCUT2D eigenvalue weighted by Crippen LogP contribution is 2.41. The van der Waals surface area contributed by atoms with Crippen LogP contribution < -0.4 is 0 Å². The standard InChI is InChI=1S/C30H14F2N6O3S/c1-14-25-27(24(28-26(14)37-42-38-28)30(40)41-13-15-5-3-2-4-6-15)35-12-17(36-25)7-20-23(16(10-33)11-34)18-8-21(31)22(32)9-19(18)29(20)39/h2-9,12H,13H2,1H3/b20-7-. The fourth-order valence-corrected chi connectivity index (χ4v) is 5.37. The predicted molar refractivity (Wildman–Crippen MR) is 148 cm³/mol. The maximum atomic E-state index is 14.1. The van der Waals surface area contributed by atoms with E-state index in [-0.39, 0.29) is 51.2 Å². The molecule has 0 atom stereocenters. The summed E-state index contributed by atoms with van der Waals surface area (Å²) in [6.07, 6.45) is 2.58. The molecule has 202 valence electrons. The van der Waals surface area contributed by atoms with Gasteiger partial charge in [0.15, 0.2) is 17.4 Å². The molecule has 0 saturated carbocycles. The van der Waals surface area contributed by atoms with Crippen LogP contribution in [0.15, 0.2) is 59.8 Å². The van der Waals surface area contributed by atoms with Gasteiger partial charge in [0.2, 0.25) is 0 Å². The molecule has 1 aliphatic rings. The smallest absolute Gasteiger partial charge is 0.343 e. The van der Waals surface area contributed by atoms with Gasteiger partial charge in [0, 0.05) is 22.3 Å². The Bertz CT molecular complexity index is 2130. The molecule has 6 rings (SSSR count). The Hall–Kier alpha value is -5.72. The first-order valence-corrected chi connectivity index (χ1v) is 13.0. The van der Waals surface area contributed by atoms with Crippen molar-refractivity contribution in [2.45, 2.75) is 13.5 Å². The molecule has 0 fully saturated rings. The van der Waals surface area contributed by atoms with Gasteiger partial charge in [-0.2, -0.15) is 19.3 Å². The minimum absolute atomic E-state index is 0.0187. The van der Waals surface area contributed by atoms with Gasteiger partial charge in [-0.25, -0.2) is 18.6 Å². The highest BCUT2D eigenvalue weighted by atomic mass is 32.1. The summed E-state index contributed by atoms with van der Waals surface area (Å²) in [4.78, 5) is 35.6. The number of ketones is 1. The Morgan fingerprint density at radius 3 is 2.40 bits per heavy atom. The molecule has 2 heterocycles. The van der Waals surface area contributed by atoms with E-state index >= 15 is 0 Å². The zero-order chi connectivity index (χ0) is 29.5. The van der Waals surface area contributed by atoms with Crippen molar-refractivity contribution in [2.24, 2.45) is 0 Å². The van der Waals surface area contributed by atoms with Crippen molar-refractivity contribution in [3.8, 4) is 12.1 Å². The van der Waals surface area contributed by atoms with E-state index in [1.54, 1.807) is 19.1 Å². The van der Waals surface area contributed by atoms with Crippen molar-refractivity contribution < 1.29 is 23.1 Å². The first-order valence-electron chi connectivity index (χ1n) is 12.3. The van der Waals surface area contributed by atoms with Crippen molar-refractivity contribution in [3.05, 3.63) is 105 Å². The van der Waals surface area contributed by atoms with Gasteiger partial charge in [-0.15, -0.1) is 0 Å². The van der Waals surface area contributed by atoms with E-state index in [0.29, 0.717) is 16.6 Å². The normalized spacial score (nSPS) is 13.3. The minimum atomic E-state index is -1.24. The summed E-state index contributed by atoms with van der Waals surface area (Å²) in [6.45, 7) is 1.75. The third kappa shape index (κ3) is 4.27. The number of Topliss-reactive ketones (excluding diaryl/α,β-unsaturated/α-hetero) is 1. The number of aryl methyl sites for hydroxylation is 1. The number of esters is 1. The Balaban J connectivity index is 1.50. The molecule has 0 saturated heterocycles. The number of carbonyl (C=O) groups excluding carboxylic acids is 2. The lowest BCUT2D eigenvalue weighted by Gasteiger charge is -2.10. The molecule has 1 aliphatic carbocycles. The third-order valence-electron chi connectivity index (χ3n) is 6.73. The number of nitrogens with zero attached hydrogens (tertiary/aromatic N) is 6. The van der Waals surface area contributed by atoms with Crippen molar-refractivity contribution in [2.75, 3.05) is 0 Å². The molecular formula is C30H14F2N6O3S. The maximum absolute atomic E-state index is 14.1. The number of fused-ring (bicyclic) bond motifs is 3. The number of benzene rings is 3. The molecule has 0 bridgehead atoms. The molecule has 2 aromatic heterocycles. The number of rotatable bonds is 4. The van der Waals surface area contributed by atoms with Gasteiger partial charge in [-0.05, 0) is 36.3 Å². The molecule has 0 amide bonds. The molecule has 12 heteroatoms. The summed E-state index contributed by atoms with van der Waals surface area (Å²) in [5, 5.41) is 19.1. The van der Waals surface area contributed by atoms with E-state index in [4.69, 9.17) is 4.74 Å². The van der Waals surface area contributed by atoms with Crippen LogP contribution in [0.3, 0.4) is 0 Å². The maximum Gasteiger partial charge on any atom is 0.343 e. The molecule has 9 nitrogen and oxygen atoms in total. The molecular weight excluding hydrogens is 562 g/mol. The third-order valence-corrected chi connectivity index (χ3v) is 7.26. The zero-order valence-electron chi connectivity index (χ0n) is 21.5. The average Bonchev–Trinajstić information content (AvgIpc) is 3.58. The fraction of sp³-hybridized carbons (Fsp3) is 0.0667. The summed E-state index contributed by atoms with van der Waals surface area (Å²) >= 11 is 0.910. The van der Waals surface area contributed by atoms with Crippen molar-refractivity contribution in [3.63, 3.8) is 0 Å². The second-order valence-electron chi connectivity index (χ2n) is 9.19. The fourth-order valence-electron chi connectivity index (χ4n) is 4.77. The van der Waals surface area contributed by atoms with Gasteiger partial charge < -0.3 is 4.74 Å². The molecule has 0 spiro atoms. The molecule has 42 heavy (non-hydrogen) atoms. The second-order valence-corrected chi connectivity index (χ2v) is 9.72. The van der Waals surface area contributed by atoms with Gasteiger partial charge >= 0.3 is 5.97 Å². The molecule has 0 radical (unpaired) electrons. The predicted octanol–water partition coefficient (Wildman–Crippen LogP) is 5.66. The number of carbonyl (C=O) groups is 2. The first kappa shape index (κ1) is 26.5. The van der Waals surface area contributed by atoms with Crippen LogP contribution in [0.25, 0.3) is 33.7 Å². The lowest BCUT2D eigenvalue weighted by Crippen LogP contribution is -2.09. The number of aromatic nitrogens is 4. The Morgan fingerprint density at radius 1 is 1.00 bits per heavy atom. The minimum Gasteiger partial charge on any atom is -0.457 e. The number of ether oxygens (including phenoxy) is 1. The van der Waals surface area contributed by atoms with Crippen molar-refractivity contribution in [1.29, 1.82) is 10.5 Å². The first-order chi connectivity index (χ1) is 20.3. The van der Waals surface area contributed by atoms with Crippen LogP contribution in [0.4, 0.5) is 8.78 Å². The van der Waals surface area contributed by atoms with Crippen LogP contribution in [0.2, 0.25) is 0 Å². The lowest BCUT2D eigenvalue weighted by molar-refractivity contribution is 0.0477. The van der Waals surface area contributed by atoms with E-state index < -0.39 is 29.0 Å². The Kier molecular flexibility index (Phi) is 6.53. The van der Waals surface area contributed by atoms with Gasteiger partial charge in [0.1, 0.15) is 46.4 Å². The number of halogens is 2. The summed E-state index contributed by atoms with van der Waals surface area (Å²) in [6, 6.07) is 14.1. The number of allylic oxidation sites excluding steroid dienone is 3. The van der Waals surface area contributed by atoms with Gasteiger partial charge in [-0.3, -0.25) is 9.78 Å². The molecule has 3 aromatic carbocycles. The second kappa shape index (κ2) is 10.4. The topological polar surface area (TPSA) is 143 Å². The zero-order valence-corrected chi connectivity index (χ0v) is 22.3. The van der Waals surface area contributed by atoms with Crippen LogP contribution in [0, 0.1) is 41.2 Å². The van der Waals surface area contributed by atoms with Gasteiger partial charge in [-0.1, -0.05) is 30.3 Å². The molecule has 5 aromatic rings. The average molecular weight is 577 g/mol. The summed E-state index contributed by atoms with van der Waals surface area (Å²) < 4.78 is 42.3. The van der Waals surface area contributed by atoms with Crippen LogP contribution in [-0.2, 0) is 11.3 Å².